The molecule has 3 aromatic rings. The Labute approximate surface area is 174 Å². The summed E-state index contributed by atoms with van der Waals surface area (Å²) in [6.45, 7) is 1.05. The largest absolute Gasteiger partial charge is 0.497 e. The average molecular weight is 412 g/mol. The minimum Gasteiger partial charge on any atom is -0.497 e. The summed E-state index contributed by atoms with van der Waals surface area (Å²) in [6.07, 6.45) is 2.88. The van der Waals surface area contributed by atoms with Gasteiger partial charge in [-0.15, -0.1) is 0 Å². The van der Waals surface area contributed by atoms with Crippen molar-refractivity contribution in [2.75, 3.05) is 7.11 Å². The first-order chi connectivity index (χ1) is 14.1. The Morgan fingerprint density at radius 2 is 1.86 bits per heavy atom. The number of hydrogen-bond acceptors (Lipinski definition) is 4. The minimum absolute atomic E-state index is 0.0287. The maximum Gasteiger partial charge on any atom is 0.262 e. The fourth-order valence-electron chi connectivity index (χ4n) is 3.17. The Balaban J connectivity index is 1.41. The number of methoxy groups -OCH3 is 1. The van der Waals surface area contributed by atoms with Crippen LogP contribution in [0.5, 0.6) is 5.75 Å². The highest BCUT2D eigenvalue weighted by Gasteiger charge is 2.06. The SMILES string of the molecule is COc1ccc(CNC(=O)CCCCCn2c(=S)[nH]c3ccccc3c2=O)cc1. The number of benzene rings is 2. The molecule has 0 aliphatic heterocycles. The predicted octanol–water partition coefficient (Wildman–Crippen LogP) is 3.94. The number of fused-ring (bicyclic) bond motifs is 1. The van der Waals surface area contributed by atoms with E-state index < -0.39 is 0 Å². The number of ether oxygens (including phenoxy) is 1. The maximum absolute atomic E-state index is 12.6. The molecule has 0 spiro atoms. The van der Waals surface area contributed by atoms with Crippen LogP contribution in [0.1, 0.15) is 31.2 Å². The number of hydrogen-bond donors (Lipinski definition) is 2. The molecular weight excluding hydrogens is 386 g/mol. The van der Waals surface area contributed by atoms with E-state index in [2.05, 4.69) is 10.3 Å². The molecule has 6 nitrogen and oxygen atoms in total. The van der Waals surface area contributed by atoms with E-state index in [-0.39, 0.29) is 11.5 Å². The van der Waals surface area contributed by atoms with Gasteiger partial charge in [0, 0.05) is 19.5 Å². The van der Waals surface area contributed by atoms with Crippen molar-refractivity contribution in [1.82, 2.24) is 14.9 Å². The second-order valence-corrected chi connectivity index (χ2v) is 7.25. The van der Waals surface area contributed by atoms with Crippen molar-refractivity contribution in [3.63, 3.8) is 0 Å². The summed E-state index contributed by atoms with van der Waals surface area (Å²) in [7, 11) is 1.63. The summed E-state index contributed by atoms with van der Waals surface area (Å²) < 4.78 is 7.16. The monoisotopic (exact) mass is 411 g/mol. The number of unbranched alkanes of at least 4 members (excludes halogenated alkanes) is 2. The highest BCUT2D eigenvalue weighted by molar-refractivity contribution is 7.71. The van der Waals surface area contributed by atoms with Crippen LogP contribution in [0.4, 0.5) is 0 Å². The van der Waals surface area contributed by atoms with Crippen molar-refractivity contribution >= 4 is 29.0 Å². The first-order valence-corrected chi connectivity index (χ1v) is 10.1. The van der Waals surface area contributed by atoms with Crippen LogP contribution in [0, 0.1) is 4.77 Å². The fourth-order valence-corrected chi connectivity index (χ4v) is 3.45. The predicted molar refractivity (Wildman–Crippen MR) is 117 cm³/mol. The van der Waals surface area contributed by atoms with E-state index in [4.69, 9.17) is 17.0 Å². The van der Waals surface area contributed by atoms with Gasteiger partial charge in [0.2, 0.25) is 5.91 Å². The van der Waals surface area contributed by atoms with Crippen LogP contribution >= 0.6 is 12.2 Å². The molecule has 3 rings (SSSR count). The zero-order valence-electron chi connectivity index (χ0n) is 16.4. The van der Waals surface area contributed by atoms with Crippen LogP contribution in [0.15, 0.2) is 53.3 Å². The van der Waals surface area contributed by atoms with Gasteiger partial charge in [-0.05, 0) is 54.9 Å². The molecule has 2 aromatic carbocycles. The lowest BCUT2D eigenvalue weighted by Gasteiger charge is -2.08. The van der Waals surface area contributed by atoms with Crippen LogP contribution in [0.25, 0.3) is 10.9 Å². The lowest BCUT2D eigenvalue weighted by Crippen LogP contribution is -2.23. The second-order valence-electron chi connectivity index (χ2n) is 6.87. The van der Waals surface area contributed by atoms with Gasteiger partial charge in [-0.2, -0.15) is 0 Å². The maximum atomic E-state index is 12.6. The van der Waals surface area contributed by atoms with Gasteiger partial charge >= 0.3 is 0 Å². The van der Waals surface area contributed by atoms with Gasteiger partial charge in [0.15, 0.2) is 4.77 Å². The number of rotatable bonds is 9. The fraction of sp³-hybridized carbons (Fsp3) is 0.318. The summed E-state index contributed by atoms with van der Waals surface area (Å²) in [5.41, 5.74) is 1.72. The molecule has 0 bridgehead atoms. The second kappa shape index (κ2) is 10.0. The lowest BCUT2D eigenvalue weighted by atomic mass is 10.1. The van der Waals surface area contributed by atoms with E-state index >= 15 is 0 Å². The molecule has 1 aromatic heterocycles. The summed E-state index contributed by atoms with van der Waals surface area (Å²) in [5, 5.41) is 3.56. The average Bonchev–Trinajstić information content (AvgIpc) is 2.74. The molecule has 0 unspecified atom stereocenters. The van der Waals surface area contributed by atoms with Crippen molar-refractivity contribution in [2.24, 2.45) is 0 Å². The Hall–Kier alpha value is -2.93. The molecule has 0 aliphatic carbocycles. The summed E-state index contributed by atoms with van der Waals surface area (Å²) in [6, 6.07) is 15.0. The zero-order valence-corrected chi connectivity index (χ0v) is 17.3. The van der Waals surface area contributed by atoms with Gasteiger partial charge in [-0.1, -0.05) is 30.7 Å². The van der Waals surface area contributed by atoms with Crippen molar-refractivity contribution in [1.29, 1.82) is 0 Å². The summed E-state index contributed by atoms with van der Waals surface area (Å²) in [4.78, 5) is 27.7. The topological polar surface area (TPSA) is 76.1 Å². The summed E-state index contributed by atoms with van der Waals surface area (Å²) >= 11 is 5.32. The Bertz CT molecular complexity index is 1090. The van der Waals surface area contributed by atoms with Crippen molar-refractivity contribution in [3.05, 3.63) is 69.2 Å². The molecule has 1 heterocycles. The van der Waals surface area contributed by atoms with E-state index in [9.17, 15) is 9.59 Å². The highest BCUT2D eigenvalue weighted by atomic mass is 32.1. The van der Waals surface area contributed by atoms with E-state index in [0.29, 0.717) is 29.7 Å². The third-order valence-corrected chi connectivity index (χ3v) is 5.15. The number of aromatic nitrogens is 2. The van der Waals surface area contributed by atoms with E-state index in [1.807, 2.05) is 42.5 Å². The molecule has 29 heavy (non-hydrogen) atoms. The quantitative estimate of drug-likeness (QED) is 0.413. The van der Waals surface area contributed by atoms with Crippen LogP contribution in [-0.4, -0.2) is 22.6 Å². The number of amides is 1. The zero-order chi connectivity index (χ0) is 20.6. The van der Waals surface area contributed by atoms with Gasteiger partial charge in [0.1, 0.15) is 5.75 Å². The first-order valence-electron chi connectivity index (χ1n) is 9.70. The molecule has 2 N–H and O–H groups in total. The third-order valence-electron chi connectivity index (χ3n) is 4.82. The smallest absolute Gasteiger partial charge is 0.262 e. The first kappa shape index (κ1) is 20.8. The molecule has 0 saturated heterocycles. The van der Waals surface area contributed by atoms with Crippen LogP contribution < -0.4 is 15.6 Å². The van der Waals surface area contributed by atoms with Crippen molar-refractivity contribution in [3.8, 4) is 5.75 Å². The molecule has 0 saturated carbocycles. The van der Waals surface area contributed by atoms with Crippen LogP contribution in [0.2, 0.25) is 0 Å². The molecule has 7 heteroatoms. The van der Waals surface area contributed by atoms with E-state index in [1.54, 1.807) is 17.7 Å². The molecule has 0 radical (unpaired) electrons. The minimum atomic E-state index is -0.0680. The lowest BCUT2D eigenvalue weighted by molar-refractivity contribution is -0.121. The Kier molecular flexibility index (Phi) is 7.19. The standard InChI is InChI=1S/C22H25N3O3S/c1-28-17-12-10-16(11-13-17)15-23-20(26)9-3-2-6-14-25-21(27)18-7-4-5-8-19(18)24-22(25)29/h4-5,7-8,10-13H,2-3,6,9,14-15H2,1H3,(H,23,26)(H,24,29). The molecule has 0 atom stereocenters. The normalized spacial score (nSPS) is 10.8. The number of carbonyl (C=O) groups excluding carboxylic acids is 1. The highest BCUT2D eigenvalue weighted by Crippen LogP contribution is 2.11. The van der Waals surface area contributed by atoms with Crippen LogP contribution in [0.3, 0.4) is 0 Å². The van der Waals surface area contributed by atoms with Gasteiger partial charge in [-0.3, -0.25) is 14.2 Å². The molecule has 1 amide bonds. The number of aromatic amines is 1. The Morgan fingerprint density at radius 3 is 2.62 bits per heavy atom. The van der Waals surface area contributed by atoms with E-state index in [1.165, 1.54) is 0 Å². The number of para-hydroxylation sites is 1. The van der Waals surface area contributed by atoms with Gasteiger partial charge < -0.3 is 15.0 Å². The summed E-state index contributed by atoms with van der Waals surface area (Å²) in [5.74, 6) is 0.825. The third kappa shape index (κ3) is 5.54. The van der Waals surface area contributed by atoms with Crippen LogP contribution in [-0.2, 0) is 17.9 Å². The van der Waals surface area contributed by atoms with Crippen molar-refractivity contribution in [2.45, 2.75) is 38.8 Å². The molecule has 0 fully saturated rings. The molecular formula is C22H25N3O3S. The van der Waals surface area contributed by atoms with Gasteiger partial charge in [0.05, 0.1) is 18.0 Å². The number of nitrogens with zero attached hydrogens (tertiary/aromatic N) is 1. The molecule has 0 aliphatic rings. The van der Waals surface area contributed by atoms with E-state index in [0.717, 1.165) is 36.1 Å². The van der Waals surface area contributed by atoms with Gasteiger partial charge in [-0.25, -0.2) is 0 Å². The van der Waals surface area contributed by atoms with Gasteiger partial charge in [0.25, 0.3) is 5.56 Å². The number of H-pyrrole nitrogens is 1. The number of nitrogens with one attached hydrogen (secondary N) is 2. The van der Waals surface area contributed by atoms with Crippen molar-refractivity contribution < 1.29 is 9.53 Å². The Morgan fingerprint density at radius 1 is 1.10 bits per heavy atom. The number of carbonyl (C=O) groups is 1. The molecule has 152 valence electrons.